The van der Waals surface area contributed by atoms with Gasteiger partial charge < -0.3 is 15.2 Å². The van der Waals surface area contributed by atoms with E-state index in [-0.39, 0.29) is 0 Å². The van der Waals surface area contributed by atoms with Crippen LogP contribution in [0.3, 0.4) is 0 Å². The van der Waals surface area contributed by atoms with Crippen molar-refractivity contribution in [3.63, 3.8) is 0 Å². The van der Waals surface area contributed by atoms with E-state index in [1.165, 1.54) is 0 Å². The Morgan fingerprint density at radius 1 is 1.17 bits per heavy atom. The van der Waals surface area contributed by atoms with E-state index in [4.69, 9.17) is 15.2 Å². The highest BCUT2D eigenvalue weighted by Gasteiger charge is 2.03. The number of hydrogen-bond acceptors (Lipinski definition) is 4. The van der Waals surface area contributed by atoms with Crippen molar-refractivity contribution >= 4 is 16.7 Å². The molecular formula is C14H18N2O2. The number of hydrogen-bond donors (Lipinski definition) is 1. The van der Waals surface area contributed by atoms with E-state index < -0.39 is 0 Å². The molecule has 1 aromatic heterocycles. The molecule has 0 fully saturated rings. The Labute approximate surface area is 107 Å². The minimum Gasteiger partial charge on any atom is -0.383 e. The zero-order valence-electron chi connectivity index (χ0n) is 10.6. The molecule has 0 unspecified atom stereocenters. The van der Waals surface area contributed by atoms with E-state index in [9.17, 15) is 0 Å². The highest BCUT2D eigenvalue weighted by Crippen LogP contribution is 2.18. The molecule has 0 radical (unpaired) electrons. The normalized spacial score (nSPS) is 10.9. The van der Waals surface area contributed by atoms with Crippen molar-refractivity contribution in [1.29, 1.82) is 0 Å². The minimum absolute atomic E-state index is 0.469. The van der Waals surface area contributed by atoms with Crippen LogP contribution >= 0.6 is 0 Å². The van der Waals surface area contributed by atoms with Gasteiger partial charge in [-0.1, -0.05) is 18.2 Å². The molecule has 0 amide bonds. The molecule has 2 N–H and O–H groups in total. The van der Waals surface area contributed by atoms with Crippen LogP contribution in [0.4, 0.5) is 5.82 Å². The van der Waals surface area contributed by atoms with Crippen LogP contribution in [0.5, 0.6) is 0 Å². The summed E-state index contributed by atoms with van der Waals surface area (Å²) in [6.07, 6.45) is 0. The Morgan fingerprint density at radius 3 is 2.78 bits per heavy atom. The van der Waals surface area contributed by atoms with Gasteiger partial charge in [-0.3, -0.25) is 0 Å². The number of anilines is 1. The van der Waals surface area contributed by atoms with Gasteiger partial charge in [-0.15, -0.1) is 0 Å². The molecule has 4 heteroatoms. The van der Waals surface area contributed by atoms with Gasteiger partial charge in [-0.2, -0.15) is 0 Å². The number of pyridine rings is 1. The van der Waals surface area contributed by atoms with Crippen LogP contribution in [0.2, 0.25) is 0 Å². The van der Waals surface area contributed by atoms with Crippen LogP contribution in [-0.2, 0) is 16.1 Å². The summed E-state index contributed by atoms with van der Waals surface area (Å²) in [6.45, 7) is 4.32. The monoisotopic (exact) mass is 246 g/mol. The predicted octanol–water partition coefficient (Wildman–Crippen LogP) is 2.37. The molecule has 96 valence electrons. The summed E-state index contributed by atoms with van der Waals surface area (Å²) in [6, 6.07) is 9.93. The highest BCUT2D eigenvalue weighted by molar-refractivity contribution is 5.81. The fraction of sp³-hybridized carbons (Fsp3) is 0.357. The third-order valence-electron chi connectivity index (χ3n) is 2.67. The van der Waals surface area contributed by atoms with Crippen molar-refractivity contribution in [2.75, 3.05) is 25.6 Å². The lowest BCUT2D eigenvalue weighted by molar-refractivity contribution is 0.0454. The van der Waals surface area contributed by atoms with Gasteiger partial charge in [0.05, 0.1) is 25.3 Å². The first kappa shape index (κ1) is 12.8. The minimum atomic E-state index is 0.469. The number of aromatic nitrogens is 1. The lowest BCUT2D eigenvalue weighted by Crippen LogP contribution is -2.06. The van der Waals surface area contributed by atoms with Crippen molar-refractivity contribution in [1.82, 2.24) is 4.98 Å². The smallest absolute Gasteiger partial charge is 0.129 e. The Balaban J connectivity index is 2.01. The van der Waals surface area contributed by atoms with Crippen LogP contribution < -0.4 is 5.73 Å². The number of rotatable bonds is 6. The van der Waals surface area contributed by atoms with Crippen molar-refractivity contribution in [2.24, 2.45) is 0 Å². The second-order valence-corrected chi connectivity index (χ2v) is 3.97. The van der Waals surface area contributed by atoms with Crippen LogP contribution in [0, 0.1) is 0 Å². The molecule has 0 aliphatic heterocycles. The Morgan fingerprint density at radius 2 is 1.94 bits per heavy atom. The first-order valence-electron chi connectivity index (χ1n) is 6.11. The lowest BCUT2D eigenvalue weighted by atomic mass is 10.1. The van der Waals surface area contributed by atoms with Gasteiger partial charge >= 0.3 is 0 Å². The number of benzene rings is 1. The maximum atomic E-state index is 5.91. The quantitative estimate of drug-likeness (QED) is 0.795. The summed E-state index contributed by atoms with van der Waals surface area (Å²) in [5.41, 5.74) is 7.74. The number of nitrogens with two attached hydrogens (primary N) is 1. The van der Waals surface area contributed by atoms with Crippen LogP contribution in [0.1, 0.15) is 12.5 Å². The second kappa shape index (κ2) is 6.33. The summed E-state index contributed by atoms with van der Waals surface area (Å²) < 4.78 is 10.7. The Hall–Kier alpha value is -1.65. The average Bonchev–Trinajstić information content (AvgIpc) is 2.39. The number of nitrogens with zero attached hydrogens (tertiary/aromatic N) is 1. The lowest BCUT2D eigenvalue weighted by Gasteiger charge is -2.08. The third-order valence-corrected chi connectivity index (χ3v) is 2.67. The van der Waals surface area contributed by atoms with Crippen LogP contribution in [-0.4, -0.2) is 24.8 Å². The number of nitrogen functional groups attached to an aromatic ring is 1. The van der Waals surface area contributed by atoms with Gasteiger partial charge in [-0.05, 0) is 19.1 Å². The molecule has 0 aliphatic carbocycles. The van der Waals surface area contributed by atoms with E-state index in [1.807, 2.05) is 37.3 Å². The van der Waals surface area contributed by atoms with Crippen molar-refractivity contribution in [3.05, 3.63) is 35.9 Å². The maximum Gasteiger partial charge on any atom is 0.129 e. The summed E-state index contributed by atoms with van der Waals surface area (Å²) in [5.74, 6) is 0.533. The summed E-state index contributed by atoms with van der Waals surface area (Å²) in [5, 5.41) is 1.08. The fourth-order valence-electron chi connectivity index (χ4n) is 1.73. The molecule has 0 saturated carbocycles. The zero-order chi connectivity index (χ0) is 12.8. The van der Waals surface area contributed by atoms with Gasteiger partial charge in [0.1, 0.15) is 5.82 Å². The maximum absolute atomic E-state index is 5.91. The van der Waals surface area contributed by atoms with Crippen LogP contribution in [0.25, 0.3) is 10.9 Å². The van der Waals surface area contributed by atoms with E-state index in [2.05, 4.69) is 4.98 Å². The van der Waals surface area contributed by atoms with E-state index in [0.717, 1.165) is 16.5 Å². The second-order valence-electron chi connectivity index (χ2n) is 3.97. The average molecular weight is 246 g/mol. The standard InChI is InChI=1S/C14H18N2O2/c1-2-17-7-8-18-10-12-9-11-5-3-4-6-13(11)16-14(12)15/h3-6,9H,2,7-8,10H2,1H3,(H2,15,16). The summed E-state index contributed by atoms with van der Waals surface area (Å²) in [4.78, 5) is 4.36. The molecule has 0 atom stereocenters. The fourth-order valence-corrected chi connectivity index (χ4v) is 1.73. The van der Waals surface area contributed by atoms with Gasteiger partial charge in [0.2, 0.25) is 0 Å². The zero-order valence-corrected chi connectivity index (χ0v) is 10.6. The number of fused-ring (bicyclic) bond motifs is 1. The molecule has 0 bridgehead atoms. The SMILES string of the molecule is CCOCCOCc1cc2ccccc2nc1N. The molecular weight excluding hydrogens is 228 g/mol. The number of ether oxygens (including phenoxy) is 2. The first-order valence-corrected chi connectivity index (χ1v) is 6.11. The van der Waals surface area contributed by atoms with E-state index in [0.29, 0.717) is 32.2 Å². The van der Waals surface area contributed by atoms with Crippen molar-refractivity contribution in [2.45, 2.75) is 13.5 Å². The molecule has 2 rings (SSSR count). The molecule has 1 heterocycles. The molecule has 4 nitrogen and oxygen atoms in total. The van der Waals surface area contributed by atoms with E-state index >= 15 is 0 Å². The number of para-hydroxylation sites is 1. The Kier molecular flexibility index (Phi) is 4.50. The van der Waals surface area contributed by atoms with Crippen LogP contribution in [0.15, 0.2) is 30.3 Å². The Bertz CT molecular complexity index is 514. The van der Waals surface area contributed by atoms with Gasteiger partial charge in [0.25, 0.3) is 0 Å². The van der Waals surface area contributed by atoms with Gasteiger partial charge in [-0.25, -0.2) is 4.98 Å². The van der Waals surface area contributed by atoms with Crippen molar-refractivity contribution in [3.8, 4) is 0 Å². The summed E-state index contributed by atoms with van der Waals surface area (Å²) >= 11 is 0. The molecule has 2 aromatic rings. The third kappa shape index (κ3) is 3.18. The first-order chi connectivity index (χ1) is 8.81. The van der Waals surface area contributed by atoms with Gasteiger partial charge in [0, 0.05) is 17.6 Å². The molecule has 18 heavy (non-hydrogen) atoms. The predicted molar refractivity (Wildman–Crippen MR) is 72.3 cm³/mol. The molecule has 0 spiro atoms. The van der Waals surface area contributed by atoms with E-state index in [1.54, 1.807) is 0 Å². The summed E-state index contributed by atoms with van der Waals surface area (Å²) in [7, 11) is 0. The molecule has 1 aromatic carbocycles. The van der Waals surface area contributed by atoms with Crippen molar-refractivity contribution < 1.29 is 9.47 Å². The highest BCUT2D eigenvalue weighted by atomic mass is 16.5. The molecule has 0 aliphatic rings. The molecule has 0 saturated heterocycles. The topological polar surface area (TPSA) is 57.4 Å². The largest absolute Gasteiger partial charge is 0.383 e. The van der Waals surface area contributed by atoms with Gasteiger partial charge in [0.15, 0.2) is 0 Å².